The maximum Gasteiger partial charge on any atom is 0.319 e. The number of urea groups is 1. The molecule has 2 aromatic carbocycles. The van der Waals surface area contributed by atoms with Crippen molar-refractivity contribution in [1.82, 2.24) is 10.6 Å². The Hall–Kier alpha value is -3.67. The first-order chi connectivity index (χ1) is 14.0. The van der Waals surface area contributed by atoms with Crippen molar-refractivity contribution >= 4 is 17.6 Å². The van der Waals surface area contributed by atoms with Gasteiger partial charge in [0.1, 0.15) is 5.82 Å². The summed E-state index contributed by atoms with van der Waals surface area (Å²) in [7, 11) is 0. The van der Waals surface area contributed by atoms with Crippen LogP contribution in [0.4, 0.5) is 14.9 Å². The van der Waals surface area contributed by atoms with Crippen molar-refractivity contribution in [2.45, 2.75) is 20.0 Å². The van der Waals surface area contributed by atoms with Gasteiger partial charge < -0.3 is 16.0 Å². The molecule has 3 N–H and O–H groups in total. The molecule has 3 amide bonds. The van der Waals surface area contributed by atoms with Crippen molar-refractivity contribution in [3.63, 3.8) is 0 Å². The number of anilines is 1. The molecule has 0 aliphatic heterocycles. The summed E-state index contributed by atoms with van der Waals surface area (Å²) in [5, 5.41) is 8.27. The quantitative estimate of drug-likeness (QED) is 0.458. The number of carbonyl (C=O) groups excluding carboxylic acids is 2. The van der Waals surface area contributed by atoms with Gasteiger partial charge in [0.15, 0.2) is 0 Å². The molecule has 2 rings (SSSR count). The first-order valence-corrected chi connectivity index (χ1v) is 9.13. The second kappa shape index (κ2) is 11.2. The van der Waals surface area contributed by atoms with Crippen molar-refractivity contribution < 1.29 is 14.0 Å². The van der Waals surface area contributed by atoms with E-state index >= 15 is 0 Å². The van der Waals surface area contributed by atoms with Gasteiger partial charge >= 0.3 is 6.03 Å². The van der Waals surface area contributed by atoms with E-state index in [0.29, 0.717) is 24.4 Å². The molecule has 0 aromatic heterocycles. The third-order valence-electron chi connectivity index (χ3n) is 3.94. The molecule has 150 valence electrons. The zero-order valence-corrected chi connectivity index (χ0v) is 16.2. The van der Waals surface area contributed by atoms with Crippen LogP contribution in [0.5, 0.6) is 0 Å². The van der Waals surface area contributed by atoms with E-state index in [1.807, 2.05) is 19.1 Å². The van der Waals surface area contributed by atoms with E-state index in [1.165, 1.54) is 12.1 Å². The molecule has 6 heteroatoms. The fourth-order valence-corrected chi connectivity index (χ4v) is 2.46. The van der Waals surface area contributed by atoms with Crippen LogP contribution in [0.1, 0.15) is 18.1 Å². The predicted molar refractivity (Wildman–Crippen MR) is 114 cm³/mol. The lowest BCUT2D eigenvalue weighted by molar-refractivity contribution is -0.117. The number of allylic oxidation sites excluding steroid dienone is 3. The lowest BCUT2D eigenvalue weighted by atomic mass is 10.1. The van der Waals surface area contributed by atoms with Gasteiger partial charge in [-0.25, -0.2) is 9.18 Å². The van der Waals surface area contributed by atoms with E-state index in [1.54, 1.807) is 48.6 Å². The monoisotopic (exact) mass is 393 g/mol. The van der Waals surface area contributed by atoms with Gasteiger partial charge in [-0.2, -0.15) is 0 Å². The van der Waals surface area contributed by atoms with E-state index in [0.717, 1.165) is 11.1 Å². The number of amides is 3. The van der Waals surface area contributed by atoms with Crippen molar-refractivity contribution in [3.05, 3.63) is 102 Å². The summed E-state index contributed by atoms with van der Waals surface area (Å²) in [6.45, 7) is 6.10. The Kier molecular flexibility index (Phi) is 8.38. The summed E-state index contributed by atoms with van der Waals surface area (Å²) in [4.78, 5) is 24.1. The molecule has 0 bridgehead atoms. The Balaban J connectivity index is 1.82. The van der Waals surface area contributed by atoms with Crippen molar-refractivity contribution in [2.24, 2.45) is 0 Å². The number of hydrogen-bond donors (Lipinski definition) is 3. The second-order valence-electron chi connectivity index (χ2n) is 6.17. The van der Waals surface area contributed by atoms with Gasteiger partial charge in [-0.05, 0) is 42.3 Å². The average molecular weight is 393 g/mol. The number of benzene rings is 2. The van der Waals surface area contributed by atoms with Gasteiger partial charge in [-0.1, -0.05) is 55.1 Å². The Labute approximate surface area is 170 Å². The standard InChI is InChI=1S/C23H24FN3O2/c1-3-5-19(6-4-2)22(28)25-15-18-9-13-21(14-10-18)27-23(29)26-16-17-7-11-20(24)12-8-17/h3-14H,1,15-16H2,2H3,(H,25,28)(H2,26,27,29)/b6-4-,19-5+. The maximum absolute atomic E-state index is 12.9. The predicted octanol–water partition coefficient (Wildman–Crippen LogP) is 4.45. The molecule has 0 saturated carbocycles. The molecule has 5 nitrogen and oxygen atoms in total. The van der Waals surface area contributed by atoms with Gasteiger partial charge in [-0.15, -0.1) is 0 Å². The summed E-state index contributed by atoms with van der Waals surface area (Å²) in [6.07, 6.45) is 6.72. The minimum Gasteiger partial charge on any atom is -0.348 e. The molecule has 0 aliphatic carbocycles. The van der Waals surface area contributed by atoms with Crippen LogP contribution in [0.25, 0.3) is 0 Å². The molecule has 0 heterocycles. The lowest BCUT2D eigenvalue weighted by Gasteiger charge is -2.09. The highest BCUT2D eigenvalue weighted by atomic mass is 19.1. The fraction of sp³-hybridized carbons (Fsp3) is 0.130. The van der Waals surface area contributed by atoms with Gasteiger partial charge in [0.05, 0.1) is 0 Å². The molecule has 29 heavy (non-hydrogen) atoms. The molecular formula is C23H24FN3O2. The van der Waals surface area contributed by atoms with Gasteiger partial charge in [0.25, 0.3) is 5.91 Å². The van der Waals surface area contributed by atoms with Gasteiger partial charge in [-0.3, -0.25) is 4.79 Å². The number of nitrogens with one attached hydrogen (secondary N) is 3. The van der Waals surface area contributed by atoms with Crippen LogP contribution in [0, 0.1) is 5.82 Å². The topological polar surface area (TPSA) is 70.2 Å². The second-order valence-corrected chi connectivity index (χ2v) is 6.17. The third kappa shape index (κ3) is 7.46. The summed E-state index contributed by atoms with van der Waals surface area (Å²) in [5.74, 6) is -0.505. The summed E-state index contributed by atoms with van der Waals surface area (Å²) in [6, 6.07) is 12.7. The highest BCUT2D eigenvalue weighted by Gasteiger charge is 2.06. The van der Waals surface area contributed by atoms with E-state index in [9.17, 15) is 14.0 Å². The van der Waals surface area contributed by atoms with Crippen LogP contribution in [0.15, 0.2) is 85.0 Å². The summed E-state index contributed by atoms with van der Waals surface area (Å²) in [5.41, 5.74) is 2.85. The zero-order valence-electron chi connectivity index (χ0n) is 16.2. The molecule has 0 radical (unpaired) electrons. The molecule has 0 fully saturated rings. The molecule has 2 aromatic rings. The van der Waals surface area contributed by atoms with Crippen LogP contribution in [0.3, 0.4) is 0 Å². The molecule has 0 spiro atoms. The van der Waals surface area contributed by atoms with Crippen LogP contribution < -0.4 is 16.0 Å². The smallest absolute Gasteiger partial charge is 0.319 e. The lowest BCUT2D eigenvalue weighted by Crippen LogP contribution is -2.28. The van der Waals surface area contributed by atoms with Crippen molar-refractivity contribution in [3.8, 4) is 0 Å². The minimum absolute atomic E-state index is 0.189. The van der Waals surface area contributed by atoms with E-state index in [4.69, 9.17) is 0 Å². The maximum atomic E-state index is 12.9. The number of rotatable bonds is 8. The average Bonchev–Trinajstić information content (AvgIpc) is 2.72. The number of halogens is 1. The number of carbonyl (C=O) groups is 2. The molecule has 0 unspecified atom stereocenters. The highest BCUT2D eigenvalue weighted by molar-refractivity contribution is 5.96. The molecular weight excluding hydrogens is 369 g/mol. The molecule has 0 atom stereocenters. The van der Waals surface area contributed by atoms with E-state index in [2.05, 4.69) is 22.5 Å². The Morgan fingerprint density at radius 3 is 2.14 bits per heavy atom. The van der Waals surface area contributed by atoms with E-state index in [-0.39, 0.29) is 17.8 Å². The minimum atomic E-state index is -0.360. The number of hydrogen-bond acceptors (Lipinski definition) is 2. The van der Waals surface area contributed by atoms with Gasteiger partial charge in [0.2, 0.25) is 0 Å². The van der Waals surface area contributed by atoms with Crippen LogP contribution in [0.2, 0.25) is 0 Å². The first kappa shape index (κ1) is 21.6. The van der Waals surface area contributed by atoms with E-state index < -0.39 is 0 Å². The van der Waals surface area contributed by atoms with Gasteiger partial charge in [0, 0.05) is 24.4 Å². The van der Waals surface area contributed by atoms with Crippen LogP contribution in [-0.2, 0) is 17.9 Å². The highest BCUT2D eigenvalue weighted by Crippen LogP contribution is 2.10. The SMILES string of the molecule is C=C/C=C(\C=C/C)C(=O)NCc1ccc(NC(=O)NCc2ccc(F)cc2)cc1. The Bertz CT molecular complexity index is 901. The summed E-state index contributed by atoms with van der Waals surface area (Å²) < 4.78 is 12.9. The molecule has 0 saturated heterocycles. The van der Waals surface area contributed by atoms with Crippen LogP contribution >= 0.6 is 0 Å². The largest absolute Gasteiger partial charge is 0.348 e. The van der Waals surface area contributed by atoms with Crippen molar-refractivity contribution in [2.75, 3.05) is 5.32 Å². The molecule has 0 aliphatic rings. The third-order valence-corrected chi connectivity index (χ3v) is 3.94. The van der Waals surface area contributed by atoms with Crippen LogP contribution in [-0.4, -0.2) is 11.9 Å². The zero-order chi connectivity index (χ0) is 21.1. The Morgan fingerprint density at radius 1 is 0.966 bits per heavy atom. The fourth-order valence-electron chi connectivity index (χ4n) is 2.46. The summed E-state index contributed by atoms with van der Waals surface area (Å²) >= 11 is 0. The van der Waals surface area contributed by atoms with Crippen molar-refractivity contribution in [1.29, 1.82) is 0 Å². The first-order valence-electron chi connectivity index (χ1n) is 9.13. The Morgan fingerprint density at radius 2 is 1.55 bits per heavy atom. The normalized spacial score (nSPS) is 11.2.